The first kappa shape index (κ1) is 9.88. The monoisotopic (exact) mass is 178 g/mol. The minimum Gasteiger partial charge on any atom is -0.394 e. The van der Waals surface area contributed by atoms with E-state index in [1.54, 1.807) is 6.92 Å². The number of hydrogen-bond acceptors (Lipinski definition) is 5. The van der Waals surface area contributed by atoms with Gasteiger partial charge in [0.1, 0.15) is 17.8 Å². The number of hydrogen-bond donors (Lipinski definition) is 4. The fourth-order valence-corrected chi connectivity index (χ4v) is 1.44. The Balaban J connectivity index is 2.80. The van der Waals surface area contributed by atoms with Crippen LogP contribution in [0.1, 0.15) is 6.92 Å². The Morgan fingerprint density at radius 3 is 2.33 bits per heavy atom. The maximum atomic E-state index is 9.61. The van der Waals surface area contributed by atoms with Gasteiger partial charge in [0.25, 0.3) is 0 Å². The zero-order valence-corrected chi connectivity index (χ0v) is 6.84. The van der Waals surface area contributed by atoms with Gasteiger partial charge < -0.3 is 25.2 Å². The van der Waals surface area contributed by atoms with Crippen molar-refractivity contribution in [2.75, 3.05) is 13.2 Å². The van der Waals surface area contributed by atoms with Crippen LogP contribution in [0.2, 0.25) is 0 Å². The highest BCUT2D eigenvalue weighted by Gasteiger charge is 2.52. The summed E-state index contributed by atoms with van der Waals surface area (Å²) in [5.41, 5.74) is -1.73. The summed E-state index contributed by atoms with van der Waals surface area (Å²) in [5, 5.41) is 36.6. The molecule has 1 heterocycles. The Morgan fingerprint density at radius 2 is 2.00 bits per heavy atom. The third-order valence-electron chi connectivity index (χ3n) is 2.31. The zero-order valence-electron chi connectivity index (χ0n) is 6.84. The van der Waals surface area contributed by atoms with E-state index >= 15 is 0 Å². The Bertz CT molecular complexity index is 162. The molecule has 1 fully saturated rings. The standard InChI is InChI=1S/C7H14O5/c1-4-6(10)7(11,3-9)5(2-8)12-4/h4-6,8-11H,2-3H2,1H3/t4-,5+,6?,7?/m0/s1. The fraction of sp³-hybridized carbons (Fsp3) is 1.00. The van der Waals surface area contributed by atoms with E-state index in [9.17, 15) is 10.2 Å². The summed E-state index contributed by atoms with van der Waals surface area (Å²) in [6.45, 7) is 0.531. The molecule has 1 saturated heterocycles. The van der Waals surface area contributed by atoms with Gasteiger partial charge >= 0.3 is 0 Å². The Hall–Kier alpha value is -0.200. The largest absolute Gasteiger partial charge is 0.394 e. The van der Waals surface area contributed by atoms with Gasteiger partial charge in [0.2, 0.25) is 0 Å². The first-order chi connectivity index (χ1) is 5.56. The van der Waals surface area contributed by atoms with E-state index in [4.69, 9.17) is 14.9 Å². The van der Waals surface area contributed by atoms with Gasteiger partial charge in [-0.15, -0.1) is 0 Å². The quantitative estimate of drug-likeness (QED) is 0.387. The fourth-order valence-electron chi connectivity index (χ4n) is 1.44. The molecule has 1 aliphatic rings. The summed E-state index contributed by atoms with van der Waals surface area (Å²) in [4.78, 5) is 0. The maximum Gasteiger partial charge on any atom is 0.144 e. The molecule has 12 heavy (non-hydrogen) atoms. The normalized spacial score (nSPS) is 48.2. The molecule has 4 N–H and O–H groups in total. The van der Waals surface area contributed by atoms with Gasteiger partial charge in [-0.3, -0.25) is 0 Å². The van der Waals surface area contributed by atoms with Crippen LogP contribution in [0, 0.1) is 0 Å². The van der Waals surface area contributed by atoms with Crippen molar-refractivity contribution in [3.63, 3.8) is 0 Å². The van der Waals surface area contributed by atoms with Crippen LogP contribution in [-0.4, -0.2) is 57.6 Å². The molecule has 0 aromatic carbocycles. The molecule has 0 aromatic rings. The first-order valence-corrected chi connectivity index (χ1v) is 3.84. The molecule has 5 nitrogen and oxygen atoms in total. The average Bonchev–Trinajstić information content (AvgIpc) is 2.30. The first-order valence-electron chi connectivity index (χ1n) is 3.84. The lowest BCUT2D eigenvalue weighted by molar-refractivity contribution is -0.119. The third-order valence-corrected chi connectivity index (χ3v) is 2.31. The summed E-state index contributed by atoms with van der Waals surface area (Å²) in [6, 6.07) is 0. The van der Waals surface area contributed by atoms with Gasteiger partial charge in [0.15, 0.2) is 0 Å². The van der Waals surface area contributed by atoms with E-state index in [1.807, 2.05) is 0 Å². The molecule has 0 spiro atoms. The molecule has 2 unspecified atom stereocenters. The molecule has 0 saturated carbocycles. The molecule has 72 valence electrons. The number of aliphatic hydroxyl groups excluding tert-OH is 3. The van der Waals surface area contributed by atoms with Crippen molar-refractivity contribution in [1.82, 2.24) is 0 Å². The number of rotatable bonds is 2. The van der Waals surface area contributed by atoms with Crippen LogP contribution in [0.5, 0.6) is 0 Å². The molecule has 0 radical (unpaired) electrons. The maximum absolute atomic E-state index is 9.61. The van der Waals surface area contributed by atoms with Crippen LogP contribution in [0.25, 0.3) is 0 Å². The summed E-state index contributed by atoms with van der Waals surface area (Å²) in [6.07, 6.45) is -2.63. The lowest BCUT2D eigenvalue weighted by Crippen LogP contribution is -2.52. The highest BCUT2D eigenvalue weighted by molar-refractivity contribution is 5.01. The minimum absolute atomic E-state index is 0.418. The van der Waals surface area contributed by atoms with E-state index in [2.05, 4.69) is 0 Å². The van der Waals surface area contributed by atoms with Crippen LogP contribution in [-0.2, 0) is 4.74 Å². The molecular formula is C7H14O5. The molecule has 1 rings (SSSR count). The van der Waals surface area contributed by atoms with Gasteiger partial charge in [-0.05, 0) is 6.92 Å². The summed E-state index contributed by atoms with van der Waals surface area (Å²) in [7, 11) is 0. The molecule has 0 aromatic heterocycles. The van der Waals surface area contributed by atoms with Crippen molar-refractivity contribution in [3.8, 4) is 0 Å². The van der Waals surface area contributed by atoms with E-state index in [0.29, 0.717) is 0 Å². The van der Waals surface area contributed by atoms with Gasteiger partial charge in [-0.1, -0.05) is 0 Å². The lowest BCUT2D eigenvalue weighted by Gasteiger charge is -2.27. The molecular weight excluding hydrogens is 164 g/mol. The van der Waals surface area contributed by atoms with Crippen molar-refractivity contribution in [1.29, 1.82) is 0 Å². The Morgan fingerprint density at radius 1 is 1.42 bits per heavy atom. The van der Waals surface area contributed by atoms with Crippen molar-refractivity contribution in [2.45, 2.75) is 30.8 Å². The third kappa shape index (κ3) is 1.23. The SMILES string of the molecule is C[C@@H]1O[C@H](CO)C(O)(CO)C1O. The van der Waals surface area contributed by atoms with E-state index in [1.165, 1.54) is 0 Å². The number of aliphatic hydroxyl groups is 4. The summed E-state index contributed by atoms with van der Waals surface area (Å²) < 4.78 is 5.02. The highest BCUT2D eigenvalue weighted by Crippen LogP contribution is 2.30. The molecule has 0 aliphatic carbocycles. The van der Waals surface area contributed by atoms with Crippen molar-refractivity contribution >= 4 is 0 Å². The van der Waals surface area contributed by atoms with E-state index in [-0.39, 0.29) is 0 Å². The summed E-state index contributed by atoms with van der Waals surface area (Å²) >= 11 is 0. The van der Waals surface area contributed by atoms with E-state index in [0.717, 1.165) is 0 Å². The molecule has 5 heteroatoms. The second-order valence-electron chi connectivity index (χ2n) is 3.11. The zero-order chi connectivity index (χ0) is 9.35. The van der Waals surface area contributed by atoms with Crippen molar-refractivity contribution < 1.29 is 25.2 Å². The number of ether oxygens (including phenoxy) is 1. The van der Waals surface area contributed by atoms with Crippen LogP contribution < -0.4 is 0 Å². The molecule has 0 bridgehead atoms. The molecule has 1 aliphatic heterocycles. The van der Waals surface area contributed by atoms with E-state index < -0.39 is 37.1 Å². The van der Waals surface area contributed by atoms with Crippen LogP contribution in [0.3, 0.4) is 0 Å². The molecule has 0 amide bonds. The highest BCUT2D eigenvalue weighted by atomic mass is 16.6. The Labute approximate surface area is 70.2 Å². The van der Waals surface area contributed by atoms with Crippen LogP contribution >= 0.6 is 0 Å². The predicted octanol–water partition coefficient (Wildman–Crippen LogP) is -2.15. The summed E-state index contributed by atoms with van der Waals surface area (Å²) in [5.74, 6) is 0. The minimum atomic E-state index is -1.73. The van der Waals surface area contributed by atoms with Crippen molar-refractivity contribution in [2.24, 2.45) is 0 Å². The smallest absolute Gasteiger partial charge is 0.144 e. The van der Waals surface area contributed by atoms with Gasteiger partial charge in [0, 0.05) is 0 Å². The topological polar surface area (TPSA) is 90.2 Å². The van der Waals surface area contributed by atoms with Crippen molar-refractivity contribution in [3.05, 3.63) is 0 Å². The van der Waals surface area contributed by atoms with Gasteiger partial charge in [-0.2, -0.15) is 0 Å². The average molecular weight is 178 g/mol. The lowest BCUT2D eigenvalue weighted by atomic mass is 9.92. The Kier molecular flexibility index (Phi) is 2.70. The van der Waals surface area contributed by atoms with Crippen LogP contribution in [0.4, 0.5) is 0 Å². The van der Waals surface area contributed by atoms with Gasteiger partial charge in [-0.25, -0.2) is 0 Å². The van der Waals surface area contributed by atoms with Gasteiger partial charge in [0.05, 0.1) is 19.3 Å². The second-order valence-corrected chi connectivity index (χ2v) is 3.11. The van der Waals surface area contributed by atoms with Crippen LogP contribution in [0.15, 0.2) is 0 Å². The second kappa shape index (κ2) is 3.27. The predicted molar refractivity (Wildman–Crippen MR) is 39.5 cm³/mol. The molecule has 4 atom stereocenters.